The van der Waals surface area contributed by atoms with Gasteiger partial charge in [0.05, 0.1) is 11.5 Å². The Hall–Kier alpha value is -2.27. The molecular formula is C19H21ClN2O3. The van der Waals surface area contributed by atoms with E-state index in [0.717, 1.165) is 16.3 Å². The van der Waals surface area contributed by atoms with Crippen LogP contribution in [0.4, 0.5) is 4.79 Å². The second kappa shape index (κ2) is 6.56. The maximum absolute atomic E-state index is 12.5. The van der Waals surface area contributed by atoms with E-state index >= 15 is 0 Å². The van der Waals surface area contributed by atoms with Crippen LogP contribution in [0.3, 0.4) is 0 Å². The molecule has 5 nitrogen and oxygen atoms in total. The van der Waals surface area contributed by atoms with Crippen molar-refractivity contribution >= 4 is 34.4 Å². The van der Waals surface area contributed by atoms with Crippen molar-refractivity contribution in [2.75, 3.05) is 13.1 Å². The predicted octanol–water partition coefficient (Wildman–Crippen LogP) is 4.06. The second-order valence-electron chi connectivity index (χ2n) is 6.89. The van der Waals surface area contributed by atoms with Crippen LogP contribution in [0.5, 0.6) is 0 Å². The van der Waals surface area contributed by atoms with Gasteiger partial charge in [0.15, 0.2) is 0 Å². The normalized spacial score (nSPS) is 21.3. The number of carboxylic acid groups (broad SMARTS) is 1. The molecule has 0 bridgehead atoms. The van der Waals surface area contributed by atoms with Crippen LogP contribution in [0.1, 0.15) is 31.9 Å². The molecule has 132 valence electrons. The largest absolute Gasteiger partial charge is 0.481 e. The van der Waals surface area contributed by atoms with Crippen molar-refractivity contribution in [1.29, 1.82) is 0 Å². The quantitative estimate of drug-likeness (QED) is 0.867. The summed E-state index contributed by atoms with van der Waals surface area (Å²) < 4.78 is 0. The average Bonchev–Trinajstić information content (AvgIpc) is 2.99. The molecule has 3 rings (SSSR count). The van der Waals surface area contributed by atoms with Gasteiger partial charge in [0.25, 0.3) is 0 Å². The van der Waals surface area contributed by atoms with Crippen molar-refractivity contribution in [2.45, 2.75) is 26.3 Å². The summed E-state index contributed by atoms with van der Waals surface area (Å²) in [6.45, 7) is 4.27. The summed E-state index contributed by atoms with van der Waals surface area (Å²) in [5, 5.41) is 14.9. The van der Waals surface area contributed by atoms with Crippen molar-refractivity contribution in [1.82, 2.24) is 10.2 Å². The zero-order chi connectivity index (χ0) is 18.2. The first kappa shape index (κ1) is 17.5. The summed E-state index contributed by atoms with van der Waals surface area (Å²) >= 11 is 6.25. The van der Waals surface area contributed by atoms with E-state index in [9.17, 15) is 14.7 Å². The third-order valence-electron chi connectivity index (χ3n) is 4.99. The van der Waals surface area contributed by atoms with Gasteiger partial charge >= 0.3 is 12.0 Å². The van der Waals surface area contributed by atoms with Crippen LogP contribution >= 0.6 is 11.6 Å². The molecule has 2 atom stereocenters. The lowest BCUT2D eigenvalue weighted by molar-refractivity contribution is -0.146. The minimum absolute atomic E-state index is 0.216. The maximum atomic E-state index is 12.5. The molecule has 6 heteroatoms. The molecule has 1 aliphatic heterocycles. The molecule has 2 aromatic rings. The number of fused-ring (bicyclic) bond motifs is 1. The average molecular weight is 361 g/mol. The summed E-state index contributed by atoms with van der Waals surface area (Å²) in [5.41, 5.74) is 0.113. The fourth-order valence-corrected chi connectivity index (χ4v) is 3.55. The molecule has 1 heterocycles. The fraction of sp³-hybridized carbons (Fsp3) is 0.368. The number of carboxylic acids is 1. The molecule has 2 N–H and O–H groups in total. The van der Waals surface area contributed by atoms with Crippen LogP contribution < -0.4 is 5.32 Å². The number of aliphatic carboxylic acids is 1. The minimum atomic E-state index is -0.868. The van der Waals surface area contributed by atoms with Crippen molar-refractivity contribution in [2.24, 2.45) is 5.41 Å². The molecule has 2 amide bonds. The van der Waals surface area contributed by atoms with Crippen LogP contribution in [0.15, 0.2) is 36.4 Å². The molecule has 0 radical (unpaired) electrons. The second-order valence-corrected chi connectivity index (χ2v) is 7.30. The summed E-state index contributed by atoms with van der Waals surface area (Å²) in [4.78, 5) is 25.5. The van der Waals surface area contributed by atoms with Crippen molar-refractivity contribution in [3.63, 3.8) is 0 Å². The van der Waals surface area contributed by atoms with Gasteiger partial charge in [-0.2, -0.15) is 0 Å². The minimum Gasteiger partial charge on any atom is -0.481 e. The van der Waals surface area contributed by atoms with E-state index in [1.807, 2.05) is 43.3 Å². The predicted molar refractivity (Wildman–Crippen MR) is 97.8 cm³/mol. The summed E-state index contributed by atoms with van der Waals surface area (Å²) in [5.74, 6) is -0.862. The highest BCUT2D eigenvalue weighted by molar-refractivity contribution is 6.35. The van der Waals surface area contributed by atoms with E-state index in [0.29, 0.717) is 18.0 Å². The number of urea groups is 1. The number of likely N-dealkylation sites (tertiary alicyclic amines) is 1. The lowest BCUT2D eigenvalue weighted by atomic mass is 9.90. The van der Waals surface area contributed by atoms with Gasteiger partial charge in [0, 0.05) is 23.5 Å². The molecular weight excluding hydrogens is 340 g/mol. The van der Waals surface area contributed by atoms with E-state index in [4.69, 9.17) is 11.6 Å². The lowest BCUT2D eigenvalue weighted by Crippen LogP contribution is -2.41. The third kappa shape index (κ3) is 3.29. The Kier molecular flexibility index (Phi) is 4.60. The number of rotatable bonds is 3. The number of nitrogens with zero attached hydrogens (tertiary/aromatic N) is 1. The molecule has 2 unspecified atom stereocenters. The van der Waals surface area contributed by atoms with Gasteiger partial charge in [-0.1, -0.05) is 41.9 Å². The Morgan fingerprint density at radius 2 is 1.92 bits per heavy atom. The van der Waals surface area contributed by atoms with Crippen LogP contribution in [0.25, 0.3) is 10.8 Å². The number of nitrogens with one attached hydrogen (secondary N) is 1. The number of carbonyl (C=O) groups is 2. The van der Waals surface area contributed by atoms with Crippen LogP contribution in [0, 0.1) is 5.41 Å². The Morgan fingerprint density at radius 3 is 2.56 bits per heavy atom. The lowest BCUT2D eigenvalue weighted by Gasteiger charge is -2.23. The third-order valence-corrected chi connectivity index (χ3v) is 5.32. The van der Waals surface area contributed by atoms with E-state index in [1.165, 1.54) is 0 Å². The van der Waals surface area contributed by atoms with Crippen molar-refractivity contribution in [3.05, 3.63) is 47.0 Å². The summed E-state index contributed by atoms with van der Waals surface area (Å²) in [7, 11) is 0. The topological polar surface area (TPSA) is 69.6 Å². The number of hydrogen-bond acceptors (Lipinski definition) is 2. The molecule has 1 fully saturated rings. The van der Waals surface area contributed by atoms with Gasteiger partial charge in [-0.05, 0) is 37.3 Å². The Labute approximate surface area is 151 Å². The van der Waals surface area contributed by atoms with Gasteiger partial charge in [-0.15, -0.1) is 0 Å². The van der Waals surface area contributed by atoms with Gasteiger partial charge in [-0.3, -0.25) is 4.79 Å². The van der Waals surface area contributed by atoms with Crippen LogP contribution in [-0.4, -0.2) is 35.1 Å². The molecule has 1 aliphatic rings. The van der Waals surface area contributed by atoms with Crippen molar-refractivity contribution < 1.29 is 14.7 Å². The van der Waals surface area contributed by atoms with E-state index < -0.39 is 11.4 Å². The first-order valence-electron chi connectivity index (χ1n) is 8.28. The van der Waals surface area contributed by atoms with Gasteiger partial charge < -0.3 is 15.3 Å². The van der Waals surface area contributed by atoms with Crippen LogP contribution in [-0.2, 0) is 4.79 Å². The van der Waals surface area contributed by atoms with Gasteiger partial charge in [0.2, 0.25) is 0 Å². The van der Waals surface area contributed by atoms with E-state index in [1.54, 1.807) is 11.8 Å². The Bertz CT molecular complexity index is 839. The SMILES string of the molecule is CC(NC(=O)N1CCC(C)(C(=O)O)C1)c1ccc(Cl)c2ccccc12. The van der Waals surface area contributed by atoms with E-state index in [2.05, 4.69) is 5.32 Å². The number of carbonyl (C=O) groups excluding carboxylic acids is 1. The summed E-state index contributed by atoms with van der Waals surface area (Å²) in [6, 6.07) is 11.1. The monoisotopic (exact) mass is 360 g/mol. The maximum Gasteiger partial charge on any atom is 0.317 e. The number of hydrogen-bond donors (Lipinski definition) is 2. The van der Waals surface area contributed by atoms with E-state index in [-0.39, 0.29) is 18.6 Å². The zero-order valence-electron chi connectivity index (χ0n) is 14.3. The molecule has 0 aromatic heterocycles. The molecule has 0 aliphatic carbocycles. The highest BCUT2D eigenvalue weighted by Gasteiger charge is 2.42. The number of halogens is 1. The fourth-order valence-electron chi connectivity index (χ4n) is 3.33. The molecule has 0 saturated carbocycles. The number of amides is 2. The Morgan fingerprint density at radius 1 is 1.24 bits per heavy atom. The standard InChI is InChI=1S/C19H21ClN2O3/c1-12(13-7-8-16(20)15-6-4-3-5-14(13)15)21-18(25)22-10-9-19(2,11-22)17(23)24/h3-8,12H,9-11H2,1-2H3,(H,21,25)(H,23,24). The molecule has 1 saturated heterocycles. The highest BCUT2D eigenvalue weighted by Crippen LogP contribution is 2.32. The summed E-state index contributed by atoms with van der Waals surface area (Å²) in [6.07, 6.45) is 0.466. The van der Waals surface area contributed by atoms with Gasteiger partial charge in [-0.25, -0.2) is 4.79 Å². The first-order valence-corrected chi connectivity index (χ1v) is 8.65. The highest BCUT2D eigenvalue weighted by atomic mass is 35.5. The molecule has 0 spiro atoms. The first-order chi connectivity index (χ1) is 11.8. The van der Waals surface area contributed by atoms with Gasteiger partial charge in [0.1, 0.15) is 0 Å². The smallest absolute Gasteiger partial charge is 0.317 e. The molecule has 25 heavy (non-hydrogen) atoms. The Balaban J connectivity index is 1.77. The molecule has 2 aromatic carbocycles. The van der Waals surface area contributed by atoms with Crippen molar-refractivity contribution in [3.8, 4) is 0 Å². The zero-order valence-corrected chi connectivity index (χ0v) is 15.0. The number of benzene rings is 2. The van der Waals surface area contributed by atoms with Crippen LogP contribution in [0.2, 0.25) is 5.02 Å².